The SMILES string of the molecule is Cn1c(-c2cccc(Oc3ccc4c5cc6c(cc5n(-c5ccccn5)c4c3)Sc3ccccc3[Si]6(c3ccccc3)c3ccccc3)c2)nc2ccccc21. The summed E-state index contributed by atoms with van der Waals surface area (Å²) in [5.41, 5.74) is 5.23. The lowest BCUT2D eigenvalue weighted by molar-refractivity contribution is 0.483. The lowest BCUT2D eigenvalue weighted by atomic mass is 10.1. The Kier molecular flexibility index (Phi) is 7.59. The van der Waals surface area contributed by atoms with Crippen LogP contribution in [0.5, 0.6) is 11.5 Å². The first-order chi connectivity index (χ1) is 27.7. The van der Waals surface area contributed by atoms with Crippen molar-refractivity contribution in [1.82, 2.24) is 19.1 Å². The Morgan fingerprint density at radius 3 is 2.04 bits per heavy atom. The van der Waals surface area contributed by atoms with Gasteiger partial charge in [0.2, 0.25) is 0 Å². The Labute approximate surface area is 329 Å². The fraction of sp³-hybridized carbons (Fsp3) is 0.0204. The highest BCUT2D eigenvalue weighted by Gasteiger charge is 2.47. The molecule has 11 rings (SSSR count). The van der Waals surface area contributed by atoms with Gasteiger partial charge in [0.05, 0.1) is 22.1 Å². The van der Waals surface area contributed by atoms with Crippen LogP contribution in [0, 0.1) is 0 Å². The minimum Gasteiger partial charge on any atom is -0.457 e. The van der Waals surface area contributed by atoms with Crippen LogP contribution in [0.15, 0.2) is 198 Å². The Bertz CT molecular complexity index is 3070. The van der Waals surface area contributed by atoms with Gasteiger partial charge in [0, 0.05) is 45.4 Å². The largest absolute Gasteiger partial charge is 0.457 e. The van der Waals surface area contributed by atoms with E-state index in [0.29, 0.717) is 0 Å². The number of pyridine rings is 1. The van der Waals surface area contributed by atoms with Gasteiger partial charge in [-0.25, -0.2) is 9.97 Å². The molecule has 7 heteroatoms. The van der Waals surface area contributed by atoms with Gasteiger partial charge < -0.3 is 9.30 Å². The van der Waals surface area contributed by atoms with Gasteiger partial charge in [-0.05, 0) is 81.4 Å². The Balaban J connectivity index is 1.12. The molecule has 0 aliphatic carbocycles. The van der Waals surface area contributed by atoms with Gasteiger partial charge in [0.1, 0.15) is 23.1 Å². The summed E-state index contributed by atoms with van der Waals surface area (Å²) in [6.07, 6.45) is 1.87. The van der Waals surface area contributed by atoms with Crippen LogP contribution in [0.2, 0.25) is 0 Å². The maximum Gasteiger partial charge on any atom is 0.181 e. The van der Waals surface area contributed by atoms with Crippen molar-refractivity contribution in [1.29, 1.82) is 0 Å². The zero-order valence-electron chi connectivity index (χ0n) is 30.5. The predicted octanol–water partition coefficient (Wildman–Crippen LogP) is 9.37. The molecule has 7 aromatic carbocycles. The molecular formula is C49H34N4OSSi. The third kappa shape index (κ3) is 5.01. The van der Waals surface area contributed by atoms with Crippen LogP contribution >= 0.6 is 11.8 Å². The highest BCUT2D eigenvalue weighted by molar-refractivity contribution is 8.00. The first kappa shape index (κ1) is 32.7. The maximum atomic E-state index is 6.67. The number of aromatic nitrogens is 4. The van der Waals surface area contributed by atoms with E-state index in [1.54, 1.807) is 0 Å². The zero-order valence-corrected chi connectivity index (χ0v) is 32.3. The summed E-state index contributed by atoms with van der Waals surface area (Å²) in [7, 11) is -0.679. The topological polar surface area (TPSA) is 44.9 Å². The van der Waals surface area contributed by atoms with Crippen LogP contribution in [0.25, 0.3) is 50.0 Å². The number of fused-ring (bicyclic) bond motifs is 6. The smallest absolute Gasteiger partial charge is 0.181 e. The number of para-hydroxylation sites is 2. The molecular weight excluding hydrogens is 721 g/mol. The fourth-order valence-electron chi connectivity index (χ4n) is 8.73. The molecule has 0 fully saturated rings. The van der Waals surface area contributed by atoms with Gasteiger partial charge in [-0.15, -0.1) is 0 Å². The van der Waals surface area contributed by atoms with E-state index < -0.39 is 8.07 Å². The van der Waals surface area contributed by atoms with Gasteiger partial charge in [0.15, 0.2) is 8.07 Å². The van der Waals surface area contributed by atoms with E-state index in [4.69, 9.17) is 14.7 Å². The van der Waals surface area contributed by atoms with Crippen molar-refractivity contribution in [2.24, 2.45) is 7.05 Å². The molecule has 3 aromatic heterocycles. The highest BCUT2D eigenvalue weighted by atomic mass is 32.2. The molecule has 0 atom stereocenters. The highest BCUT2D eigenvalue weighted by Crippen LogP contribution is 2.40. The molecule has 5 nitrogen and oxygen atoms in total. The number of hydrogen-bond donors (Lipinski definition) is 0. The zero-order chi connectivity index (χ0) is 37.2. The van der Waals surface area contributed by atoms with E-state index in [1.165, 1.54) is 35.9 Å². The van der Waals surface area contributed by atoms with Crippen LogP contribution in [0.3, 0.4) is 0 Å². The summed E-state index contributed by atoms with van der Waals surface area (Å²) < 4.78 is 11.1. The third-order valence-corrected chi connectivity index (χ3v) is 17.5. The second-order valence-electron chi connectivity index (χ2n) is 14.3. The van der Waals surface area contributed by atoms with Crippen molar-refractivity contribution in [3.63, 3.8) is 0 Å². The van der Waals surface area contributed by atoms with E-state index in [2.05, 4.69) is 168 Å². The summed E-state index contributed by atoms with van der Waals surface area (Å²) in [5.74, 6) is 3.27. The quantitative estimate of drug-likeness (QED) is 0.159. The van der Waals surface area contributed by atoms with Gasteiger partial charge >= 0.3 is 0 Å². The molecule has 1 aliphatic rings. The Morgan fingerprint density at radius 2 is 1.25 bits per heavy atom. The molecule has 0 bridgehead atoms. The van der Waals surface area contributed by atoms with Gasteiger partial charge in [0.25, 0.3) is 0 Å². The Hall–Kier alpha value is -6.67. The molecule has 0 saturated carbocycles. The van der Waals surface area contributed by atoms with Crippen LogP contribution in [0.1, 0.15) is 0 Å². The normalized spacial score (nSPS) is 13.2. The molecule has 0 N–H and O–H groups in total. The number of rotatable bonds is 6. The van der Waals surface area contributed by atoms with Gasteiger partial charge in [-0.2, -0.15) is 0 Å². The number of benzene rings is 7. The molecule has 0 radical (unpaired) electrons. The van der Waals surface area contributed by atoms with E-state index >= 15 is 0 Å². The number of ether oxygens (including phenoxy) is 1. The predicted molar refractivity (Wildman–Crippen MR) is 233 cm³/mol. The third-order valence-electron chi connectivity index (χ3n) is 11.2. The van der Waals surface area contributed by atoms with Crippen LogP contribution in [0.4, 0.5) is 0 Å². The van der Waals surface area contributed by atoms with Crippen LogP contribution in [-0.4, -0.2) is 27.2 Å². The summed E-state index contributed by atoms with van der Waals surface area (Å²) in [4.78, 5) is 12.4. The molecule has 1 aliphatic heterocycles. The summed E-state index contributed by atoms with van der Waals surface area (Å²) in [6.45, 7) is 0. The van der Waals surface area contributed by atoms with Gasteiger partial charge in [-0.3, -0.25) is 4.57 Å². The molecule has 4 heterocycles. The number of imidazole rings is 1. The van der Waals surface area contributed by atoms with Crippen molar-refractivity contribution in [2.75, 3.05) is 0 Å². The molecule has 266 valence electrons. The standard InChI is InChI=1S/C49H34N4OSSi/c1-52-41-22-9-8-21-40(41)51-49(52)33-15-14-16-34(29-33)54-35-26-27-38-39-31-47-45(32-43(39)53(42(38)30-35)48-25-12-13-28-50-48)55-44-23-10-11-24-46(44)56(47,36-17-4-2-5-18-36)37-19-6-3-7-20-37/h2-32H,1H3. The number of aryl methyl sites for hydroxylation is 1. The molecule has 0 unspecified atom stereocenters. The average molecular weight is 755 g/mol. The lowest BCUT2D eigenvalue weighted by Crippen LogP contribution is -2.76. The molecule has 0 saturated heterocycles. The monoisotopic (exact) mass is 754 g/mol. The van der Waals surface area contributed by atoms with E-state index in [0.717, 1.165) is 56.2 Å². The summed E-state index contributed by atoms with van der Waals surface area (Å²) in [6, 6.07) is 65.3. The van der Waals surface area contributed by atoms with E-state index in [9.17, 15) is 0 Å². The van der Waals surface area contributed by atoms with E-state index in [1.807, 2.05) is 48.3 Å². The van der Waals surface area contributed by atoms with E-state index in [-0.39, 0.29) is 0 Å². The lowest BCUT2D eigenvalue weighted by Gasteiger charge is -2.40. The fourth-order valence-corrected chi connectivity index (χ4v) is 15.7. The number of hydrogen-bond acceptors (Lipinski definition) is 4. The van der Waals surface area contributed by atoms with Crippen molar-refractivity contribution in [3.05, 3.63) is 188 Å². The summed E-state index contributed by atoms with van der Waals surface area (Å²) in [5, 5.41) is 7.95. The maximum absolute atomic E-state index is 6.67. The first-order valence-electron chi connectivity index (χ1n) is 18.8. The molecule has 10 aromatic rings. The van der Waals surface area contributed by atoms with Crippen molar-refractivity contribution >= 4 is 73.4 Å². The van der Waals surface area contributed by atoms with Crippen LogP contribution in [-0.2, 0) is 7.05 Å². The van der Waals surface area contributed by atoms with Crippen LogP contribution < -0.4 is 25.5 Å². The van der Waals surface area contributed by atoms with Crippen molar-refractivity contribution in [3.8, 4) is 28.7 Å². The first-order valence-corrected chi connectivity index (χ1v) is 21.6. The second-order valence-corrected chi connectivity index (χ2v) is 19.1. The molecule has 0 amide bonds. The molecule has 56 heavy (non-hydrogen) atoms. The second kappa shape index (κ2) is 13.0. The summed E-state index contributed by atoms with van der Waals surface area (Å²) >= 11 is 1.88. The minimum absolute atomic E-state index is 0.750. The Morgan fingerprint density at radius 1 is 0.536 bits per heavy atom. The molecule has 0 spiro atoms. The van der Waals surface area contributed by atoms with Gasteiger partial charge in [-0.1, -0.05) is 127 Å². The minimum atomic E-state index is -2.74. The number of nitrogens with zero attached hydrogens (tertiary/aromatic N) is 4. The average Bonchev–Trinajstić information content (AvgIpc) is 3.76. The van der Waals surface area contributed by atoms with Crippen molar-refractivity contribution in [2.45, 2.75) is 9.79 Å². The van der Waals surface area contributed by atoms with Crippen molar-refractivity contribution < 1.29 is 4.74 Å².